The average molecular weight is 274 g/mol. The molecule has 0 aromatic carbocycles. The molecule has 1 aliphatic rings. The van der Waals surface area contributed by atoms with Crippen molar-refractivity contribution < 1.29 is 9.53 Å². The normalized spacial score (nSPS) is 18.1. The fourth-order valence-electron chi connectivity index (χ4n) is 2.99. The summed E-state index contributed by atoms with van der Waals surface area (Å²) < 4.78 is 6.98. The zero-order valence-corrected chi connectivity index (χ0v) is 11.6. The Morgan fingerprint density at radius 2 is 2.15 bits per heavy atom. The number of carbonyl (C=O) groups excluding carboxylic acids is 1. The van der Waals surface area contributed by atoms with Crippen LogP contribution in [0.5, 0.6) is 0 Å². The van der Waals surface area contributed by atoms with E-state index in [1.165, 1.54) is 0 Å². The Hall–Kier alpha value is -1.98. The molecule has 106 valence electrons. The third kappa shape index (κ3) is 1.95. The van der Waals surface area contributed by atoms with Gasteiger partial charge in [0.25, 0.3) is 0 Å². The smallest absolute Gasteiger partial charge is 0.319 e. The Morgan fingerprint density at radius 1 is 1.35 bits per heavy atom. The molecule has 0 aliphatic heterocycles. The van der Waals surface area contributed by atoms with Gasteiger partial charge in [0.05, 0.1) is 6.61 Å². The van der Waals surface area contributed by atoms with Crippen molar-refractivity contribution in [1.29, 1.82) is 0 Å². The molecule has 1 fully saturated rings. The van der Waals surface area contributed by atoms with E-state index in [0.717, 1.165) is 32.1 Å². The van der Waals surface area contributed by atoms with Crippen LogP contribution in [0.25, 0.3) is 5.65 Å². The van der Waals surface area contributed by atoms with Crippen molar-refractivity contribution in [3.8, 4) is 0 Å². The first kappa shape index (κ1) is 13.0. The molecular weight excluding hydrogens is 256 g/mol. The van der Waals surface area contributed by atoms with Crippen molar-refractivity contribution in [1.82, 2.24) is 19.8 Å². The molecule has 2 aromatic rings. The maximum Gasteiger partial charge on any atom is 0.319 e. The molecule has 1 aliphatic carbocycles. The summed E-state index contributed by atoms with van der Waals surface area (Å²) in [6.45, 7) is 2.21. The van der Waals surface area contributed by atoms with Gasteiger partial charge in [-0.3, -0.25) is 4.79 Å². The number of carbonyl (C=O) groups is 1. The first-order valence-electron chi connectivity index (χ1n) is 7.12. The Labute approximate surface area is 117 Å². The molecule has 2 aromatic heterocycles. The number of nitrogens with zero attached hydrogens (tertiary/aromatic N) is 4. The number of hydrogen-bond donors (Lipinski definition) is 0. The summed E-state index contributed by atoms with van der Waals surface area (Å²) in [5, 5.41) is 12.7. The predicted molar refractivity (Wildman–Crippen MR) is 72.2 cm³/mol. The predicted octanol–water partition coefficient (Wildman–Crippen LogP) is 1.89. The summed E-state index contributed by atoms with van der Waals surface area (Å²) in [7, 11) is 0. The van der Waals surface area contributed by atoms with Crippen LogP contribution in [0.3, 0.4) is 0 Å². The van der Waals surface area contributed by atoms with Crippen molar-refractivity contribution >= 4 is 11.6 Å². The topological polar surface area (TPSA) is 69.4 Å². The number of fused-ring (bicyclic) bond motifs is 1. The van der Waals surface area contributed by atoms with E-state index in [1.807, 2.05) is 19.1 Å². The van der Waals surface area contributed by atoms with Crippen LogP contribution < -0.4 is 0 Å². The van der Waals surface area contributed by atoms with Gasteiger partial charge in [-0.05, 0) is 31.9 Å². The maximum atomic E-state index is 12.5. The Bertz CT molecular complexity index is 616. The molecule has 0 amide bonds. The quantitative estimate of drug-likeness (QED) is 0.799. The van der Waals surface area contributed by atoms with Gasteiger partial charge >= 0.3 is 5.97 Å². The van der Waals surface area contributed by atoms with Gasteiger partial charge in [-0.15, -0.1) is 10.2 Å². The van der Waals surface area contributed by atoms with Gasteiger partial charge in [-0.1, -0.05) is 19.3 Å². The molecule has 0 N–H and O–H groups in total. The summed E-state index contributed by atoms with van der Waals surface area (Å²) in [6, 6.07) is 3.65. The number of ether oxygens (including phenoxy) is 1. The van der Waals surface area contributed by atoms with E-state index >= 15 is 0 Å². The second-order valence-corrected chi connectivity index (χ2v) is 5.18. The van der Waals surface area contributed by atoms with Gasteiger partial charge in [0.2, 0.25) is 0 Å². The second kappa shape index (κ2) is 5.19. The van der Waals surface area contributed by atoms with Crippen LogP contribution in [0.15, 0.2) is 18.3 Å². The zero-order valence-electron chi connectivity index (χ0n) is 11.6. The Kier molecular flexibility index (Phi) is 3.38. The minimum Gasteiger partial charge on any atom is -0.465 e. The standard InChI is InChI=1S/C14H18N4O2/c1-2-20-13(19)14(8-4-3-5-9-14)12-17-16-11-7-6-10-15-18(11)12/h6-7,10H,2-5,8-9H2,1H3. The van der Waals surface area contributed by atoms with E-state index < -0.39 is 5.41 Å². The van der Waals surface area contributed by atoms with Gasteiger partial charge in [0.1, 0.15) is 5.41 Å². The molecule has 6 heteroatoms. The highest BCUT2D eigenvalue weighted by molar-refractivity contribution is 5.82. The lowest BCUT2D eigenvalue weighted by Gasteiger charge is -2.32. The lowest BCUT2D eigenvalue weighted by molar-refractivity contribution is -0.152. The summed E-state index contributed by atoms with van der Waals surface area (Å²) >= 11 is 0. The molecule has 3 rings (SSSR count). The van der Waals surface area contributed by atoms with Gasteiger partial charge in [-0.25, -0.2) is 0 Å². The van der Waals surface area contributed by atoms with E-state index in [1.54, 1.807) is 10.7 Å². The van der Waals surface area contributed by atoms with E-state index in [9.17, 15) is 4.79 Å². The lowest BCUT2D eigenvalue weighted by atomic mass is 9.73. The highest BCUT2D eigenvalue weighted by Gasteiger charge is 2.46. The SMILES string of the molecule is CCOC(=O)C1(c2nnc3cccnn23)CCCCC1. The van der Waals surface area contributed by atoms with Crippen LogP contribution in [-0.4, -0.2) is 32.4 Å². The number of esters is 1. The van der Waals surface area contributed by atoms with Crippen LogP contribution >= 0.6 is 0 Å². The van der Waals surface area contributed by atoms with Crippen molar-refractivity contribution in [3.63, 3.8) is 0 Å². The first-order valence-corrected chi connectivity index (χ1v) is 7.12. The van der Waals surface area contributed by atoms with Crippen LogP contribution in [0, 0.1) is 0 Å². The van der Waals surface area contributed by atoms with Crippen molar-refractivity contribution in [2.45, 2.75) is 44.4 Å². The molecule has 0 atom stereocenters. The molecular formula is C14H18N4O2. The van der Waals surface area contributed by atoms with E-state index in [-0.39, 0.29) is 5.97 Å². The van der Waals surface area contributed by atoms with Crippen LogP contribution in [0.1, 0.15) is 44.9 Å². The molecule has 20 heavy (non-hydrogen) atoms. The van der Waals surface area contributed by atoms with Crippen LogP contribution in [0.2, 0.25) is 0 Å². The van der Waals surface area contributed by atoms with E-state index in [0.29, 0.717) is 18.1 Å². The molecule has 0 unspecified atom stereocenters. The second-order valence-electron chi connectivity index (χ2n) is 5.18. The zero-order chi connectivity index (χ0) is 14.0. The van der Waals surface area contributed by atoms with Crippen molar-refractivity contribution in [3.05, 3.63) is 24.2 Å². The monoisotopic (exact) mass is 274 g/mol. The summed E-state index contributed by atoms with van der Waals surface area (Å²) in [4.78, 5) is 12.5. The summed E-state index contributed by atoms with van der Waals surface area (Å²) in [5.41, 5.74) is -0.0288. The molecule has 2 heterocycles. The van der Waals surface area contributed by atoms with Gasteiger partial charge < -0.3 is 4.74 Å². The van der Waals surface area contributed by atoms with Crippen molar-refractivity contribution in [2.75, 3.05) is 6.61 Å². The fourth-order valence-corrected chi connectivity index (χ4v) is 2.99. The molecule has 0 bridgehead atoms. The van der Waals surface area contributed by atoms with Crippen LogP contribution in [0.4, 0.5) is 0 Å². The van der Waals surface area contributed by atoms with E-state index in [4.69, 9.17) is 4.74 Å². The maximum absolute atomic E-state index is 12.5. The van der Waals surface area contributed by atoms with Gasteiger partial charge in [0.15, 0.2) is 11.5 Å². The molecule has 1 saturated carbocycles. The third-order valence-electron chi connectivity index (χ3n) is 3.98. The van der Waals surface area contributed by atoms with E-state index in [2.05, 4.69) is 15.3 Å². The molecule has 6 nitrogen and oxygen atoms in total. The number of rotatable bonds is 3. The minimum absolute atomic E-state index is 0.195. The summed E-state index contributed by atoms with van der Waals surface area (Å²) in [5.74, 6) is 0.422. The number of aromatic nitrogens is 4. The molecule has 0 radical (unpaired) electrons. The fraction of sp³-hybridized carbons (Fsp3) is 0.571. The highest BCUT2D eigenvalue weighted by Crippen LogP contribution is 2.39. The first-order chi connectivity index (χ1) is 9.78. The lowest BCUT2D eigenvalue weighted by Crippen LogP contribution is -2.41. The Balaban J connectivity index is 2.11. The van der Waals surface area contributed by atoms with Gasteiger partial charge in [-0.2, -0.15) is 9.61 Å². The largest absolute Gasteiger partial charge is 0.465 e. The van der Waals surface area contributed by atoms with Crippen LogP contribution in [-0.2, 0) is 14.9 Å². The minimum atomic E-state index is -0.692. The number of hydrogen-bond acceptors (Lipinski definition) is 5. The summed E-state index contributed by atoms with van der Waals surface area (Å²) in [6.07, 6.45) is 6.33. The molecule has 0 saturated heterocycles. The average Bonchev–Trinajstić information content (AvgIpc) is 2.92. The third-order valence-corrected chi connectivity index (χ3v) is 3.98. The van der Waals surface area contributed by atoms with Crippen molar-refractivity contribution in [2.24, 2.45) is 0 Å². The molecule has 0 spiro atoms. The highest BCUT2D eigenvalue weighted by atomic mass is 16.5. The van der Waals surface area contributed by atoms with Gasteiger partial charge in [0, 0.05) is 6.20 Å². The Morgan fingerprint density at radius 3 is 2.90 bits per heavy atom.